The van der Waals surface area contributed by atoms with E-state index in [1.807, 2.05) is 6.07 Å². The van der Waals surface area contributed by atoms with E-state index in [0.29, 0.717) is 6.04 Å². The highest BCUT2D eigenvalue weighted by Crippen LogP contribution is 2.33. The number of nitrogens with two attached hydrogens (primary N) is 2. The minimum Gasteiger partial charge on any atom is -0.396 e. The molecule has 0 aliphatic carbocycles. The molecule has 100 valence electrons. The fourth-order valence-corrected chi connectivity index (χ4v) is 3.17. The second-order valence-electron chi connectivity index (χ2n) is 4.77. The van der Waals surface area contributed by atoms with Crippen LogP contribution in [-0.4, -0.2) is 21.0 Å². The van der Waals surface area contributed by atoms with E-state index >= 15 is 0 Å². The lowest BCUT2D eigenvalue weighted by Gasteiger charge is -2.36. The lowest BCUT2D eigenvalue weighted by molar-refractivity contribution is 0.485. The van der Waals surface area contributed by atoms with Gasteiger partial charge in [-0.1, -0.05) is 6.07 Å². The lowest BCUT2D eigenvalue weighted by atomic mass is 10.0. The fraction of sp³-hybridized carbons (Fsp3) is 0.500. The Labute approximate surface area is 108 Å². The number of nitrogen functional groups attached to an aromatic ring is 1. The second kappa shape index (κ2) is 4.78. The Morgan fingerprint density at radius 1 is 1.33 bits per heavy atom. The normalized spacial score (nSPS) is 21.0. The first-order chi connectivity index (χ1) is 8.41. The summed E-state index contributed by atoms with van der Waals surface area (Å²) in [6, 6.07) is 5.36. The van der Waals surface area contributed by atoms with E-state index in [2.05, 4.69) is 11.8 Å². The number of sulfonamides is 1. The maximum atomic E-state index is 11.4. The van der Waals surface area contributed by atoms with E-state index in [1.165, 1.54) is 12.5 Å². The van der Waals surface area contributed by atoms with Crippen LogP contribution in [0.4, 0.5) is 11.4 Å². The number of piperidine rings is 1. The number of hydrogen-bond acceptors (Lipinski definition) is 4. The van der Waals surface area contributed by atoms with Crippen LogP contribution in [0.25, 0.3) is 0 Å². The summed E-state index contributed by atoms with van der Waals surface area (Å²) < 4.78 is 22.9. The van der Waals surface area contributed by atoms with Gasteiger partial charge in [-0.2, -0.15) is 0 Å². The Kier molecular flexibility index (Phi) is 3.49. The van der Waals surface area contributed by atoms with Crippen molar-refractivity contribution in [1.82, 2.24) is 0 Å². The molecular formula is C12H19N3O2S. The molecule has 0 aromatic heterocycles. The van der Waals surface area contributed by atoms with Crippen LogP contribution < -0.4 is 15.8 Å². The van der Waals surface area contributed by atoms with E-state index in [-0.39, 0.29) is 10.6 Å². The first-order valence-electron chi connectivity index (χ1n) is 6.09. The van der Waals surface area contributed by atoms with Crippen molar-refractivity contribution < 1.29 is 8.42 Å². The Balaban J connectivity index is 2.46. The van der Waals surface area contributed by atoms with Gasteiger partial charge >= 0.3 is 0 Å². The van der Waals surface area contributed by atoms with Crippen LogP contribution in [0.15, 0.2) is 23.1 Å². The van der Waals surface area contributed by atoms with Gasteiger partial charge in [-0.15, -0.1) is 0 Å². The van der Waals surface area contributed by atoms with Crippen molar-refractivity contribution in [3.05, 3.63) is 18.2 Å². The van der Waals surface area contributed by atoms with Crippen LogP contribution in [0, 0.1) is 0 Å². The van der Waals surface area contributed by atoms with E-state index in [4.69, 9.17) is 10.9 Å². The minimum absolute atomic E-state index is 0.0118. The zero-order valence-electron chi connectivity index (χ0n) is 10.5. The monoisotopic (exact) mass is 269 g/mol. The Morgan fingerprint density at radius 2 is 2.06 bits per heavy atom. The van der Waals surface area contributed by atoms with Crippen molar-refractivity contribution in [2.45, 2.75) is 37.1 Å². The number of nitrogens with zero attached hydrogens (tertiary/aromatic N) is 1. The molecule has 0 saturated carbocycles. The lowest BCUT2D eigenvalue weighted by Crippen LogP contribution is -2.38. The Bertz CT molecular complexity index is 542. The van der Waals surface area contributed by atoms with Crippen molar-refractivity contribution in [2.24, 2.45) is 5.14 Å². The third kappa shape index (κ3) is 2.44. The predicted octanol–water partition coefficient (Wildman–Crippen LogP) is 1.30. The van der Waals surface area contributed by atoms with E-state index in [9.17, 15) is 8.42 Å². The highest BCUT2D eigenvalue weighted by Gasteiger charge is 2.23. The summed E-state index contributed by atoms with van der Waals surface area (Å²) >= 11 is 0. The van der Waals surface area contributed by atoms with Gasteiger partial charge in [0.1, 0.15) is 4.90 Å². The number of benzene rings is 1. The molecule has 4 N–H and O–H groups in total. The van der Waals surface area contributed by atoms with Gasteiger partial charge in [0.15, 0.2) is 0 Å². The molecule has 6 heteroatoms. The molecule has 1 aliphatic rings. The molecule has 0 amide bonds. The number of hydrogen-bond donors (Lipinski definition) is 2. The zero-order chi connectivity index (χ0) is 13.3. The summed E-state index contributed by atoms with van der Waals surface area (Å²) in [7, 11) is -3.76. The van der Waals surface area contributed by atoms with Crippen LogP contribution in [0.3, 0.4) is 0 Å². The number of para-hydroxylation sites is 1. The van der Waals surface area contributed by atoms with Gasteiger partial charge in [-0.05, 0) is 38.3 Å². The molecule has 0 spiro atoms. The maximum absolute atomic E-state index is 11.4. The highest BCUT2D eigenvalue weighted by atomic mass is 32.2. The summed E-state index contributed by atoms with van der Waals surface area (Å²) in [5, 5.41) is 5.16. The topological polar surface area (TPSA) is 89.4 Å². The molecule has 5 nitrogen and oxygen atoms in total. The molecule has 1 aromatic rings. The summed E-state index contributed by atoms with van der Waals surface area (Å²) in [6.45, 7) is 3.03. The standard InChI is InChI=1S/C12H19N3O2S/c1-9-5-2-3-8-15(9)10-6-4-7-11(12(10)13)18(14,16)17/h4,6-7,9H,2-3,5,8,13H2,1H3,(H2,14,16,17). The third-order valence-corrected chi connectivity index (χ3v) is 4.43. The van der Waals surface area contributed by atoms with Gasteiger partial charge in [0.2, 0.25) is 10.0 Å². The van der Waals surface area contributed by atoms with Crippen LogP contribution in [-0.2, 0) is 10.0 Å². The molecule has 1 aliphatic heterocycles. The van der Waals surface area contributed by atoms with Crippen molar-refractivity contribution in [3.63, 3.8) is 0 Å². The van der Waals surface area contributed by atoms with Crippen LogP contribution in [0.5, 0.6) is 0 Å². The van der Waals surface area contributed by atoms with Crippen molar-refractivity contribution in [3.8, 4) is 0 Å². The SMILES string of the molecule is CC1CCCCN1c1cccc(S(N)(=O)=O)c1N. The minimum atomic E-state index is -3.76. The smallest absolute Gasteiger partial charge is 0.240 e. The van der Waals surface area contributed by atoms with Gasteiger partial charge in [0.05, 0.1) is 11.4 Å². The van der Waals surface area contributed by atoms with Crippen molar-refractivity contribution >= 4 is 21.4 Å². The largest absolute Gasteiger partial charge is 0.396 e. The number of rotatable bonds is 2. The van der Waals surface area contributed by atoms with Crippen molar-refractivity contribution in [1.29, 1.82) is 0 Å². The second-order valence-corrected chi connectivity index (χ2v) is 6.30. The number of primary sulfonamides is 1. The molecule has 1 atom stereocenters. The van der Waals surface area contributed by atoms with E-state index < -0.39 is 10.0 Å². The van der Waals surface area contributed by atoms with Crippen molar-refractivity contribution in [2.75, 3.05) is 17.2 Å². The molecular weight excluding hydrogens is 250 g/mol. The third-order valence-electron chi connectivity index (χ3n) is 3.46. The van der Waals surface area contributed by atoms with Gasteiger partial charge < -0.3 is 10.6 Å². The maximum Gasteiger partial charge on any atom is 0.240 e. The van der Waals surface area contributed by atoms with E-state index in [0.717, 1.165) is 25.1 Å². The summed E-state index contributed by atoms with van der Waals surface area (Å²) in [6.07, 6.45) is 3.40. The molecule has 0 bridgehead atoms. The van der Waals surface area contributed by atoms with Crippen LogP contribution in [0.2, 0.25) is 0 Å². The Morgan fingerprint density at radius 3 is 2.67 bits per heavy atom. The van der Waals surface area contributed by atoms with Gasteiger partial charge in [0.25, 0.3) is 0 Å². The summed E-state index contributed by atoms with van der Waals surface area (Å²) in [5.41, 5.74) is 6.99. The molecule has 1 aromatic carbocycles. The first kappa shape index (κ1) is 13.2. The van der Waals surface area contributed by atoms with Crippen LogP contribution >= 0.6 is 0 Å². The van der Waals surface area contributed by atoms with Gasteiger partial charge in [0, 0.05) is 12.6 Å². The molecule has 1 saturated heterocycles. The van der Waals surface area contributed by atoms with Gasteiger partial charge in [-0.25, -0.2) is 13.6 Å². The average Bonchev–Trinajstić information content (AvgIpc) is 2.29. The molecule has 2 rings (SSSR count). The highest BCUT2D eigenvalue weighted by molar-refractivity contribution is 7.89. The zero-order valence-corrected chi connectivity index (χ0v) is 11.3. The van der Waals surface area contributed by atoms with Gasteiger partial charge in [-0.3, -0.25) is 0 Å². The summed E-state index contributed by atoms with van der Waals surface area (Å²) in [5.74, 6) is 0. The molecule has 1 heterocycles. The number of anilines is 2. The quantitative estimate of drug-likeness (QED) is 0.792. The summed E-state index contributed by atoms with van der Waals surface area (Å²) in [4.78, 5) is 2.17. The molecule has 0 radical (unpaired) electrons. The molecule has 18 heavy (non-hydrogen) atoms. The molecule has 1 fully saturated rings. The first-order valence-corrected chi connectivity index (χ1v) is 7.64. The fourth-order valence-electron chi connectivity index (χ4n) is 2.49. The Hall–Kier alpha value is -1.27. The molecule has 1 unspecified atom stereocenters. The van der Waals surface area contributed by atoms with E-state index in [1.54, 1.807) is 6.07 Å². The van der Waals surface area contributed by atoms with Crippen LogP contribution in [0.1, 0.15) is 26.2 Å². The predicted molar refractivity (Wildman–Crippen MR) is 72.9 cm³/mol. The average molecular weight is 269 g/mol.